The second kappa shape index (κ2) is 5.51. The van der Waals surface area contributed by atoms with E-state index in [-0.39, 0.29) is 6.10 Å². The molecule has 2 amide bonds. The number of nitrogens with one attached hydrogen (secondary N) is 1. The summed E-state index contributed by atoms with van der Waals surface area (Å²) >= 11 is 5.67. The maximum Gasteiger partial charge on any atom is 0.414 e. The predicted octanol–water partition coefficient (Wildman–Crippen LogP) is 2.61. The van der Waals surface area contributed by atoms with Gasteiger partial charge in [-0.05, 0) is 38.1 Å². The van der Waals surface area contributed by atoms with E-state index < -0.39 is 12.0 Å². The topological polar surface area (TPSA) is 55.4 Å². The molecule has 1 aromatic carbocycles. The molecule has 0 fully saturated rings. The SMILES string of the molecule is CC(C)OC(=O)NC(=O)c1ccc(Cl)cc1. The molecule has 5 heteroatoms. The molecule has 1 aromatic rings. The molecule has 0 aliphatic carbocycles. The van der Waals surface area contributed by atoms with Gasteiger partial charge in [0.15, 0.2) is 0 Å². The van der Waals surface area contributed by atoms with Gasteiger partial charge in [0, 0.05) is 10.6 Å². The largest absolute Gasteiger partial charge is 0.447 e. The van der Waals surface area contributed by atoms with Crippen molar-refractivity contribution in [2.24, 2.45) is 0 Å². The average Bonchev–Trinajstić information content (AvgIpc) is 2.16. The number of carbonyl (C=O) groups is 2. The molecule has 1 rings (SSSR count). The molecule has 0 unspecified atom stereocenters. The van der Waals surface area contributed by atoms with Crippen LogP contribution in [0, 0.1) is 0 Å². The minimum absolute atomic E-state index is 0.266. The van der Waals surface area contributed by atoms with E-state index in [1.165, 1.54) is 12.1 Å². The zero-order chi connectivity index (χ0) is 12.1. The highest BCUT2D eigenvalue weighted by Gasteiger charge is 2.11. The summed E-state index contributed by atoms with van der Waals surface area (Å²) in [7, 11) is 0. The van der Waals surface area contributed by atoms with Crippen LogP contribution >= 0.6 is 11.6 Å². The number of hydrogen-bond donors (Lipinski definition) is 1. The molecule has 0 saturated carbocycles. The smallest absolute Gasteiger partial charge is 0.414 e. The maximum absolute atomic E-state index is 11.5. The van der Waals surface area contributed by atoms with E-state index in [1.54, 1.807) is 26.0 Å². The number of benzene rings is 1. The quantitative estimate of drug-likeness (QED) is 0.866. The van der Waals surface area contributed by atoms with E-state index in [0.29, 0.717) is 10.6 Å². The van der Waals surface area contributed by atoms with Gasteiger partial charge in [0.2, 0.25) is 0 Å². The first-order valence-electron chi connectivity index (χ1n) is 4.76. The van der Waals surface area contributed by atoms with Gasteiger partial charge in [-0.25, -0.2) is 4.79 Å². The number of ether oxygens (including phenoxy) is 1. The normalized spacial score (nSPS) is 10.0. The molecular weight excluding hydrogens is 230 g/mol. The Hall–Kier alpha value is -1.55. The number of amides is 2. The molecule has 0 aromatic heterocycles. The summed E-state index contributed by atoms with van der Waals surface area (Å²) in [6.45, 7) is 3.40. The monoisotopic (exact) mass is 241 g/mol. The lowest BCUT2D eigenvalue weighted by molar-refractivity contribution is 0.0876. The van der Waals surface area contributed by atoms with Gasteiger partial charge in [0.05, 0.1) is 6.10 Å². The van der Waals surface area contributed by atoms with E-state index >= 15 is 0 Å². The van der Waals surface area contributed by atoms with Gasteiger partial charge in [-0.3, -0.25) is 10.1 Å². The van der Waals surface area contributed by atoms with Gasteiger partial charge in [-0.1, -0.05) is 11.6 Å². The highest BCUT2D eigenvalue weighted by atomic mass is 35.5. The molecular formula is C11H12ClNO3. The molecule has 0 radical (unpaired) electrons. The number of rotatable bonds is 2. The molecule has 0 spiro atoms. The molecule has 0 bridgehead atoms. The lowest BCUT2D eigenvalue weighted by Crippen LogP contribution is -2.32. The van der Waals surface area contributed by atoms with Gasteiger partial charge in [0.25, 0.3) is 5.91 Å². The zero-order valence-electron chi connectivity index (χ0n) is 8.99. The van der Waals surface area contributed by atoms with E-state index in [9.17, 15) is 9.59 Å². The summed E-state index contributed by atoms with van der Waals surface area (Å²) in [5.41, 5.74) is 0.352. The first-order chi connectivity index (χ1) is 7.49. The van der Waals surface area contributed by atoms with Crippen LogP contribution in [-0.2, 0) is 4.74 Å². The fourth-order valence-electron chi connectivity index (χ4n) is 1.01. The molecule has 1 N–H and O–H groups in total. The van der Waals surface area contributed by atoms with Crippen molar-refractivity contribution >= 4 is 23.6 Å². The van der Waals surface area contributed by atoms with Gasteiger partial charge < -0.3 is 4.74 Å². The van der Waals surface area contributed by atoms with Gasteiger partial charge in [0.1, 0.15) is 0 Å². The second-order valence-corrected chi connectivity index (χ2v) is 3.85. The minimum atomic E-state index is -0.755. The van der Waals surface area contributed by atoms with Gasteiger partial charge >= 0.3 is 6.09 Å². The molecule has 0 heterocycles. The van der Waals surface area contributed by atoms with E-state index in [4.69, 9.17) is 16.3 Å². The summed E-state index contributed by atoms with van der Waals surface area (Å²) in [5.74, 6) is -0.512. The zero-order valence-corrected chi connectivity index (χ0v) is 9.75. The van der Waals surface area contributed by atoms with Crippen molar-refractivity contribution < 1.29 is 14.3 Å². The molecule has 4 nitrogen and oxygen atoms in total. The van der Waals surface area contributed by atoms with Crippen molar-refractivity contribution in [3.8, 4) is 0 Å². The van der Waals surface area contributed by atoms with Crippen LogP contribution in [0.5, 0.6) is 0 Å². The Balaban J connectivity index is 2.59. The third-order valence-electron chi connectivity index (χ3n) is 1.66. The summed E-state index contributed by atoms with van der Waals surface area (Å²) in [6.07, 6.45) is -1.02. The molecule has 0 saturated heterocycles. The molecule has 0 atom stereocenters. The molecule has 0 aliphatic rings. The van der Waals surface area contributed by atoms with Gasteiger partial charge in [-0.2, -0.15) is 0 Å². The number of hydrogen-bond acceptors (Lipinski definition) is 3. The third kappa shape index (κ3) is 3.90. The van der Waals surface area contributed by atoms with Crippen LogP contribution in [-0.4, -0.2) is 18.1 Å². The van der Waals surface area contributed by atoms with E-state index in [2.05, 4.69) is 5.32 Å². The first kappa shape index (κ1) is 12.5. The van der Waals surface area contributed by atoms with Crippen LogP contribution in [0.4, 0.5) is 4.79 Å². The van der Waals surface area contributed by atoms with Crippen molar-refractivity contribution in [1.29, 1.82) is 0 Å². The first-order valence-corrected chi connectivity index (χ1v) is 5.14. The van der Waals surface area contributed by atoms with E-state index in [1.807, 2.05) is 0 Å². The Morgan fingerprint density at radius 1 is 1.25 bits per heavy atom. The Kier molecular flexibility index (Phi) is 4.31. The number of imide groups is 1. The standard InChI is InChI=1S/C11H12ClNO3/c1-7(2)16-11(15)13-10(14)8-3-5-9(12)6-4-8/h3-7H,1-2H3,(H,13,14,15). The van der Waals surface area contributed by atoms with Crippen LogP contribution in [0.15, 0.2) is 24.3 Å². The fourth-order valence-corrected chi connectivity index (χ4v) is 1.14. The van der Waals surface area contributed by atoms with Crippen LogP contribution in [0.3, 0.4) is 0 Å². The third-order valence-corrected chi connectivity index (χ3v) is 1.92. The Bertz CT molecular complexity index is 387. The van der Waals surface area contributed by atoms with E-state index in [0.717, 1.165) is 0 Å². The number of carbonyl (C=O) groups excluding carboxylic acids is 2. The maximum atomic E-state index is 11.5. The van der Waals surface area contributed by atoms with Crippen molar-refractivity contribution in [3.63, 3.8) is 0 Å². The summed E-state index contributed by atoms with van der Waals surface area (Å²) in [4.78, 5) is 22.6. The molecule has 86 valence electrons. The van der Waals surface area contributed by atoms with Crippen LogP contribution in [0.25, 0.3) is 0 Å². The number of alkyl carbamates (subject to hydrolysis) is 1. The summed E-state index contributed by atoms with van der Waals surface area (Å²) < 4.78 is 4.77. The minimum Gasteiger partial charge on any atom is -0.447 e. The summed E-state index contributed by atoms with van der Waals surface area (Å²) in [6, 6.07) is 6.20. The fraction of sp³-hybridized carbons (Fsp3) is 0.273. The number of halogens is 1. The highest BCUT2D eigenvalue weighted by molar-refractivity contribution is 6.30. The van der Waals surface area contributed by atoms with Crippen molar-refractivity contribution in [1.82, 2.24) is 5.32 Å². The molecule has 16 heavy (non-hydrogen) atoms. The highest BCUT2D eigenvalue weighted by Crippen LogP contribution is 2.09. The van der Waals surface area contributed by atoms with Crippen molar-refractivity contribution in [2.45, 2.75) is 20.0 Å². The Morgan fingerprint density at radius 3 is 2.31 bits per heavy atom. The van der Waals surface area contributed by atoms with Crippen LogP contribution in [0.1, 0.15) is 24.2 Å². The lowest BCUT2D eigenvalue weighted by Gasteiger charge is -2.08. The Labute approximate surface area is 98.5 Å². The average molecular weight is 242 g/mol. The van der Waals surface area contributed by atoms with Crippen molar-refractivity contribution in [2.75, 3.05) is 0 Å². The van der Waals surface area contributed by atoms with Crippen LogP contribution < -0.4 is 5.32 Å². The van der Waals surface area contributed by atoms with Crippen LogP contribution in [0.2, 0.25) is 5.02 Å². The predicted molar refractivity (Wildman–Crippen MR) is 60.5 cm³/mol. The second-order valence-electron chi connectivity index (χ2n) is 3.42. The van der Waals surface area contributed by atoms with Gasteiger partial charge in [-0.15, -0.1) is 0 Å². The van der Waals surface area contributed by atoms with Crippen molar-refractivity contribution in [3.05, 3.63) is 34.9 Å². The lowest BCUT2D eigenvalue weighted by atomic mass is 10.2. The summed E-state index contributed by atoms with van der Waals surface area (Å²) in [5, 5.41) is 2.63. The Morgan fingerprint density at radius 2 is 1.81 bits per heavy atom. The molecule has 0 aliphatic heterocycles.